The molecule has 0 aliphatic heterocycles. The van der Waals surface area contributed by atoms with Gasteiger partial charge in [-0.3, -0.25) is 0 Å². The Labute approximate surface area is 121 Å². The van der Waals surface area contributed by atoms with Gasteiger partial charge in [0, 0.05) is 12.6 Å². The molecule has 0 spiro atoms. The predicted octanol–water partition coefficient (Wildman–Crippen LogP) is 1.90. The fourth-order valence-corrected chi connectivity index (χ4v) is 2.25. The molecule has 1 saturated carbocycles. The minimum Gasteiger partial charge on any atom is -0.478 e. The van der Waals surface area contributed by atoms with E-state index >= 15 is 0 Å². The fourth-order valence-electron chi connectivity index (χ4n) is 2.25. The molecule has 1 aromatic rings. The Balaban J connectivity index is 2.17. The zero-order chi connectivity index (χ0) is 15.4. The van der Waals surface area contributed by atoms with Crippen molar-refractivity contribution in [1.29, 1.82) is 0 Å². The first-order valence-corrected chi connectivity index (χ1v) is 6.74. The molecule has 1 fully saturated rings. The number of hydrogen-bond acceptors (Lipinski definition) is 3. The molecule has 0 saturated heterocycles. The molecule has 1 aliphatic rings. The first-order valence-electron chi connectivity index (χ1n) is 6.74. The van der Waals surface area contributed by atoms with Gasteiger partial charge in [-0.25, -0.2) is 14.0 Å². The molecule has 6 nitrogen and oxygen atoms in total. The number of aliphatic hydroxyl groups is 1. The smallest absolute Gasteiger partial charge is 0.337 e. The summed E-state index contributed by atoms with van der Waals surface area (Å²) in [6.45, 7) is -0.0208. The molecule has 114 valence electrons. The highest BCUT2D eigenvalue weighted by Crippen LogP contribution is 2.26. The third-order valence-corrected chi connectivity index (χ3v) is 3.57. The van der Waals surface area contributed by atoms with Crippen LogP contribution in [0.2, 0.25) is 0 Å². The van der Waals surface area contributed by atoms with E-state index in [-0.39, 0.29) is 30.4 Å². The van der Waals surface area contributed by atoms with Gasteiger partial charge in [-0.1, -0.05) is 0 Å². The van der Waals surface area contributed by atoms with Crippen molar-refractivity contribution in [3.63, 3.8) is 0 Å². The Bertz CT molecular complexity index is 546. The lowest BCUT2D eigenvalue weighted by molar-refractivity contribution is 0.0698. The van der Waals surface area contributed by atoms with E-state index in [0.717, 1.165) is 37.5 Å². The number of amides is 2. The van der Waals surface area contributed by atoms with Gasteiger partial charge in [0.15, 0.2) is 0 Å². The monoisotopic (exact) mass is 296 g/mol. The number of urea groups is 1. The number of anilines is 1. The quantitative estimate of drug-likeness (QED) is 0.774. The van der Waals surface area contributed by atoms with Crippen LogP contribution in [0.5, 0.6) is 0 Å². The Morgan fingerprint density at radius 2 is 2.10 bits per heavy atom. The normalized spacial score (nSPS) is 14.4. The van der Waals surface area contributed by atoms with E-state index < -0.39 is 17.8 Å². The van der Waals surface area contributed by atoms with Crippen molar-refractivity contribution in [3.05, 3.63) is 29.6 Å². The number of benzene rings is 1. The minimum atomic E-state index is -1.25. The number of carboxylic acids is 1. The van der Waals surface area contributed by atoms with Gasteiger partial charge in [0.05, 0.1) is 17.9 Å². The average Bonchev–Trinajstić information content (AvgIpc) is 2.35. The van der Waals surface area contributed by atoms with Crippen molar-refractivity contribution in [2.45, 2.75) is 25.3 Å². The number of nitrogens with one attached hydrogen (secondary N) is 1. The molecule has 21 heavy (non-hydrogen) atoms. The van der Waals surface area contributed by atoms with Crippen LogP contribution < -0.4 is 5.32 Å². The number of carbonyl (C=O) groups is 2. The maximum atomic E-state index is 13.2. The molecule has 3 N–H and O–H groups in total. The number of aromatic carboxylic acids is 1. The molecule has 0 heterocycles. The summed E-state index contributed by atoms with van der Waals surface area (Å²) < 4.78 is 13.2. The van der Waals surface area contributed by atoms with E-state index in [0.29, 0.717) is 0 Å². The van der Waals surface area contributed by atoms with Gasteiger partial charge in [-0.15, -0.1) is 0 Å². The van der Waals surface area contributed by atoms with E-state index in [9.17, 15) is 14.0 Å². The Morgan fingerprint density at radius 3 is 2.62 bits per heavy atom. The maximum Gasteiger partial charge on any atom is 0.337 e. The zero-order valence-electron chi connectivity index (χ0n) is 11.4. The largest absolute Gasteiger partial charge is 0.478 e. The lowest BCUT2D eigenvalue weighted by Gasteiger charge is -2.37. The van der Waals surface area contributed by atoms with Crippen LogP contribution in [0.4, 0.5) is 14.9 Å². The van der Waals surface area contributed by atoms with Crippen LogP contribution in [0.15, 0.2) is 18.2 Å². The lowest BCUT2D eigenvalue weighted by Crippen LogP contribution is -2.47. The second-order valence-corrected chi connectivity index (χ2v) is 4.93. The van der Waals surface area contributed by atoms with Gasteiger partial charge in [0.1, 0.15) is 5.82 Å². The van der Waals surface area contributed by atoms with Gasteiger partial charge in [-0.2, -0.15) is 0 Å². The summed E-state index contributed by atoms with van der Waals surface area (Å²) in [5.41, 5.74) is -0.267. The first-order chi connectivity index (χ1) is 10.0. The van der Waals surface area contributed by atoms with Crippen molar-refractivity contribution in [2.24, 2.45) is 0 Å². The van der Waals surface area contributed by atoms with Crippen molar-refractivity contribution in [1.82, 2.24) is 4.90 Å². The summed E-state index contributed by atoms with van der Waals surface area (Å²) in [7, 11) is 0. The number of nitrogens with zero attached hydrogens (tertiary/aromatic N) is 1. The van der Waals surface area contributed by atoms with Gasteiger partial charge in [0.25, 0.3) is 0 Å². The fraction of sp³-hybridized carbons (Fsp3) is 0.429. The second kappa shape index (κ2) is 6.53. The van der Waals surface area contributed by atoms with Crippen LogP contribution in [0.3, 0.4) is 0 Å². The third kappa shape index (κ3) is 3.49. The highest BCUT2D eigenvalue weighted by atomic mass is 19.1. The van der Waals surface area contributed by atoms with Gasteiger partial charge in [-0.05, 0) is 37.5 Å². The molecule has 1 aromatic carbocycles. The third-order valence-electron chi connectivity index (χ3n) is 3.57. The number of hydrogen-bond donors (Lipinski definition) is 3. The van der Waals surface area contributed by atoms with E-state index in [1.807, 2.05) is 0 Å². The average molecular weight is 296 g/mol. The summed E-state index contributed by atoms with van der Waals surface area (Å²) >= 11 is 0. The number of carboxylic acid groups (broad SMARTS) is 1. The van der Waals surface area contributed by atoms with E-state index in [1.54, 1.807) is 0 Å². The summed E-state index contributed by atoms with van der Waals surface area (Å²) in [6, 6.07) is 2.61. The summed E-state index contributed by atoms with van der Waals surface area (Å²) in [6.07, 6.45) is 2.71. The SMILES string of the molecule is O=C(O)c1ccc(F)cc1NC(=O)N(CCO)C1CCC1. The van der Waals surface area contributed by atoms with Crippen LogP contribution in [0, 0.1) is 5.82 Å². The van der Waals surface area contributed by atoms with Crippen molar-refractivity contribution < 1.29 is 24.2 Å². The van der Waals surface area contributed by atoms with Crippen LogP contribution >= 0.6 is 0 Å². The number of rotatable bonds is 5. The van der Waals surface area contributed by atoms with Crippen LogP contribution in [-0.2, 0) is 0 Å². The second-order valence-electron chi connectivity index (χ2n) is 4.93. The molecule has 0 unspecified atom stereocenters. The lowest BCUT2D eigenvalue weighted by atomic mass is 9.91. The van der Waals surface area contributed by atoms with E-state index in [4.69, 9.17) is 10.2 Å². The van der Waals surface area contributed by atoms with Gasteiger partial charge in [0.2, 0.25) is 0 Å². The van der Waals surface area contributed by atoms with Crippen LogP contribution in [0.1, 0.15) is 29.6 Å². The van der Waals surface area contributed by atoms with Crippen molar-refractivity contribution in [3.8, 4) is 0 Å². The zero-order valence-corrected chi connectivity index (χ0v) is 11.4. The standard InChI is InChI=1S/C14H17FN2O4/c15-9-4-5-11(13(19)20)12(8-9)16-14(21)17(6-7-18)10-2-1-3-10/h4-5,8,10,18H,1-3,6-7H2,(H,16,21)(H,19,20). The van der Waals surface area contributed by atoms with Gasteiger partial charge >= 0.3 is 12.0 Å². The maximum absolute atomic E-state index is 13.2. The topological polar surface area (TPSA) is 89.9 Å². The number of halogens is 1. The summed E-state index contributed by atoms with van der Waals surface area (Å²) in [5, 5.41) is 20.5. The molecule has 0 radical (unpaired) electrons. The molecule has 0 aromatic heterocycles. The number of carbonyl (C=O) groups excluding carboxylic acids is 1. The Hall–Kier alpha value is -2.15. The molecule has 0 bridgehead atoms. The molecule has 7 heteroatoms. The Kier molecular flexibility index (Phi) is 4.74. The molecule has 1 aliphatic carbocycles. The van der Waals surface area contributed by atoms with E-state index in [1.165, 1.54) is 4.90 Å². The highest BCUT2D eigenvalue weighted by molar-refractivity contribution is 6.00. The molecule has 2 amide bonds. The minimum absolute atomic E-state index is 0.0407. The summed E-state index contributed by atoms with van der Waals surface area (Å²) in [4.78, 5) is 24.8. The van der Waals surface area contributed by atoms with Crippen LogP contribution in [0.25, 0.3) is 0 Å². The van der Waals surface area contributed by atoms with Gasteiger partial charge < -0.3 is 20.4 Å². The first kappa shape index (κ1) is 15.2. The van der Waals surface area contributed by atoms with Crippen LogP contribution in [-0.4, -0.2) is 46.3 Å². The molecule has 2 rings (SSSR count). The Morgan fingerprint density at radius 1 is 1.38 bits per heavy atom. The molecule has 0 atom stereocenters. The predicted molar refractivity (Wildman–Crippen MR) is 73.8 cm³/mol. The summed E-state index contributed by atoms with van der Waals surface area (Å²) in [5.74, 6) is -1.88. The molecular weight excluding hydrogens is 279 g/mol. The molecular formula is C14H17FN2O4. The van der Waals surface area contributed by atoms with Crippen molar-refractivity contribution in [2.75, 3.05) is 18.5 Å². The number of aliphatic hydroxyl groups excluding tert-OH is 1. The highest BCUT2D eigenvalue weighted by Gasteiger charge is 2.29. The van der Waals surface area contributed by atoms with E-state index in [2.05, 4.69) is 5.32 Å². The van der Waals surface area contributed by atoms with Crippen molar-refractivity contribution >= 4 is 17.7 Å².